The third kappa shape index (κ3) is 5.26. The fraction of sp³-hybridized carbons (Fsp3) is 0.538. The van der Waals surface area contributed by atoms with E-state index in [4.69, 9.17) is 29.0 Å². The first-order valence-electron chi connectivity index (χ1n) is 6.07. The molecule has 0 fully saturated rings. The number of halogens is 2. The Labute approximate surface area is 113 Å². The SMILES string of the molecule is CCCCCC(Cc1ccc(Cl)cc1Cl)NN. The molecule has 1 atom stereocenters. The van der Waals surface area contributed by atoms with Crippen LogP contribution in [0, 0.1) is 0 Å². The first-order valence-corrected chi connectivity index (χ1v) is 6.83. The maximum absolute atomic E-state index is 6.14. The van der Waals surface area contributed by atoms with E-state index in [-0.39, 0.29) is 6.04 Å². The number of nitrogens with one attached hydrogen (secondary N) is 1. The lowest BCUT2D eigenvalue weighted by molar-refractivity contribution is 0.467. The lowest BCUT2D eigenvalue weighted by atomic mass is 10.0. The minimum absolute atomic E-state index is 0.278. The van der Waals surface area contributed by atoms with E-state index in [0.29, 0.717) is 10.0 Å². The lowest BCUT2D eigenvalue weighted by Crippen LogP contribution is -2.36. The molecule has 2 nitrogen and oxygen atoms in total. The topological polar surface area (TPSA) is 38.0 Å². The summed E-state index contributed by atoms with van der Waals surface area (Å²) >= 11 is 12.0. The molecule has 0 aliphatic heterocycles. The third-order valence-electron chi connectivity index (χ3n) is 2.87. The van der Waals surface area contributed by atoms with Crippen molar-refractivity contribution in [3.8, 4) is 0 Å². The van der Waals surface area contributed by atoms with Gasteiger partial charge in [-0.2, -0.15) is 0 Å². The Morgan fingerprint density at radius 3 is 2.65 bits per heavy atom. The fourth-order valence-electron chi connectivity index (χ4n) is 1.84. The molecule has 96 valence electrons. The quantitative estimate of drug-likeness (QED) is 0.449. The van der Waals surface area contributed by atoms with Crippen molar-refractivity contribution in [2.75, 3.05) is 0 Å². The van der Waals surface area contributed by atoms with Gasteiger partial charge < -0.3 is 0 Å². The van der Waals surface area contributed by atoms with Crippen LogP contribution in [0.15, 0.2) is 18.2 Å². The molecule has 1 unspecified atom stereocenters. The van der Waals surface area contributed by atoms with Gasteiger partial charge in [0.1, 0.15) is 0 Å². The van der Waals surface area contributed by atoms with Gasteiger partial charge in [-0.25, -0.2) is 0 Å². The van der Waals surface area contributed by atoms with Gasteiger partial charge in [0.15, 0.2) is 0 Å². The van der Waals surface area contributed by atoms with Gasteiger partial charge in [-0.15, -0.1) is 0 Å². The Morgan fingerprint density at radius 1 is 1.29 bits per heavy atom. The average molecular weight is 275 g/mol. The largest absolute Gasteiger partial charge is 0.271 e. The van der Waals surface area contributed by atoms with E-state index in [1.54, 1.807) is 6.07 Å². The fourth-order valence-corrected chi connectivity index (χ4v) is 2.32. The van der Waals surface area contributed by atoms with E-state index in [0.717, 1.165) is 18.4 Å². The zero-order valence-electron chi connectivity index (χ0n) is 10.2. The summed E-state index contributed by atoms with van der Waals surface area (Å²) in [4.78, 5) is 0. The highest BCUT2D eigenvalue weighted by Crippen LogP contribution is 2.22. The van der Waals surface area contributed by atoms with Crippen molar-refractivity contribution < 1.29 is 0 Å². The molecule has 17 heavy (non-hydrogen) atoms. The first-order chi connectivity index (χ1) is 8.17. The van der Waals surface area contributed by atoms with Gasteiger partial charge >= 0.3 is 0 Å². The summed E-state index contributed by atoms with van der Waals surface area (Å²) in [6.45, 7) is 2.20. The molecular formula is C13H20Cl2N2. The number of hydrazine groups is 1. The Kier molecular flexibility index (Phi) is 6.90. The molecule has 0 heterocycles. The Hall–Kier alpha value is -0.280. The van der Waals surface area contributed by atoms with E-state index < -0.39 is 0 Å². The standard InChI is InChI=1S/C13H20Cl2N2/c1-2-3-4-5-12(17-16)8-10-6-7-11(14)9-13(10)15/h6-7,9,12,17H,2-5,8,16H2,1H3. The zero-order chi connectivity index (χ0) is 12.7. The van der Waals surface area contributed by atoms with Gasteiger partial charge in [-0.05, 0) is 30.5 Å². The third-order valence-corrected chi connectivity index (χ3v) is 3.46. The van der Waals surface area contributed by atoms with Crippen molar-refractivity contribution in [3.05, 3.63) is 33.8 Å². The number of rotatable bonds is 7. The molecule has 0 aromatic heterocycles. The van der Waals surface area contributed by atoms with Crippen LogP contribution in [0.5, 0.6) is 0 Å². The van der Waals surface area contributed by atoms with Crippen LogP contribution in [-0.4, -0.2) is 6.04 Å². The van der Waals surface area contributed by atoms with Crippen molar-refractivity contribution in [2.24, 2.45) is 5.84 Å². The summed E-state index contributed by atoms with van der Waals surface area (Å²) in [5.74, 6) is 5.56. The highest BCUT2D eigenvalue weighted by atomic mass is 35.5. The molecule has 1 aromatic carbocycles. The zero-order valence-corrected chi connectivity index (χ0v) is 11.7. The molecule has 0 aliphatic rings. The van der Waals surface area contributed by atoms with Crippen LogP contribution in [0.4, 0.5) is 0 Å². The summed E-state index contributed by atoms with van der Waals surface area (Å²) in [5, 5.41) is 1.38. The van der Waals surface area contributed by atoms with Crippen LogP contribution in [0.3, 0.4) is 0 Å². The van der Waals surface area contributed by atoms with Gasteiger partial charge in [-0.1, -0.05) is 55.5 Å². The summed E-state index contributed by atoms with van der Waals surface area (Å²) in [7, 11) is 0. The highest BCUT2D eigenvalue weighted by molar-refractivity contribution is 6.35. The van der Waals surface area contributed by atoms with E-state index in [1.807, 2.05) is 12.1 Å². The predicted molar refractivity (Wildman–Crippen MR) is 75.4 cm³/mol. The Morgan fingerprint density at radius 2 is 2.06 bits per heavy atom. The smallest absolute Gasteiger partial charge is 0.0453 e. The molecule has 0 radical (unpaired) electrons. The van der Waals surface area contributed by atoms with Gasteiger partial charge in [0.2, 0.25) is 0 Å². The maximum Gasteiger partial charge on any atom is 0.0453 e. The second kappa shape index (κ2) is 7.93. The summed E-state index contributed by atoms with van der Waals surface area (Å²) in [6, 6.07) is 5.88. The van der Waals surface area contributed by atoms with Crippen molar-refractivity contribution in [1.29, 1.82) is 0 Å². The minimum Gasteiger partial charge on any atom is -0.271 e. The second-order valence-corrected chi connectivity index (χ2v) is 5.14. The molecule has 4 heteroatoms. The van der Waals surface area contributed by atoms with E-state index in [2.05, 4.69) is 12.3 Å². The van der Waals surface area contributed by atoms with Gasteiger partial charge in [0.05, 0.1) is 0 Å². The van der Waals surface area contributed by atoms with Crippen LogP contribution >= 0.6 is 23.2 Å². The average Bonchev–Trinajstić information content (AvgIpc) is 2.31. The molecule has 1 rings (SSSR count). The number of nitrogens with two attached hydrogens (primary N) is 1. The Balaban J connectivity index is 2.54. The number of benzene rings is 1. The molecule has 0 spiro atoms. The summed E-state index contributed by atoms with van der Waals surface area (Å²) in [6.07, 6.45) is 5.57. The monoisotopic (exact) mass is 274 g/mol. The van der Waals surface area contributed by atoms with Crippen molar-refractivity contribution in [1.82, 2.24) is 5.43 Å². The molecule has 0 saturated heterocycles. The van der Waals surface area contributed by atoms with Crippen LogP contribution in [0.25, 0.3) is 0 Å². The molecular weight excluding hydrogens is 255 g/mol. The number of unbranched alkanes of at least 4 members (excludes halogenated alkanes) is 2. The molecule has 0 amide bonds. The molecule has 0 bridgehead atoms. The predicted octanol–water partition coefficient (Wildman–Crippen LogP) is 3.95. The van der Waals surface area contributed by atoms with Gasteiger partial charge in [-0.3, -0.25) is 11.3 Å². The molecule has 0 saturated carbocycles. The molecule has 1 aromatic rings. The minimum atomic E-state index is 0.278. The van der Waals surface area contributed by atoms with Crippen LogP contribution in [0.2, 0.25) is 10.0 Å². The number of hydrogen-bond donors (Lipinski definition) is 2. The molecule has 0 aliphatic carbocycles. The van der Waals surface area contributed by atoms with Gasteiger partial charge in [0.25, 0.3) is 0 Å². The van der Waals surface area contributed by atoms with E-state index in [9.17, 15) is 0 Å². The number of hydrogen-bond acceptors (Lipinski definition) is 2. The second-order valence-electron chi connectivity index (χ2n) is 4.30. The van der Waals surface area contributed by atoms with Crippen LogP contribution in [-0.2, 0) is 6.42 Å². The van der Waals surface area contributed by atoms with Crippen LogP contribution < -0.4 is 11.3 Å². The Bertz CT molecular complexity index is 342. The highest BCUT2D eigenvalue weighted by Gasteiger charge is 2.10. The maximum atomic E-state index is 6.14. The normalized spacial score (nSPS) is 12.7. The summed E-state index contributed by atoms with van der Waals surface area (Å²) < 4.78 is 0. The van der Waals surface area contributed by atoms with Crippen molar-refractivity contribution in [2.45, 2.75) is 45.1 Å². The van der Waals surface area contributed by atoms with E-state index in [1.165, 1.54) is 19.3 Å². The van der Waals surface area contributed by atoms with E-state index >= 15 is 0 Å². The van der Waals surface area contributed by atoms with Crippen molar-refractivity contribution >= 4 is 23.2 Å². The molecule has 3 N–H and O–H groups in total. The lowest BCUT2D eigenvalue weighted by Gasteiger charge is -2.16. The first kappa shape index (κ1) is 14.8. The van der Waals surface area contributed by atoms with Gasteiger partial charge in [0, 0.05) is 16.1 Å². The van der Waals surface area contributed by atoms with Crippen LogP contribution in [0.1, 0.15) is 38.2 Å². The summed E-state index contributed by atoms with van der Waals surface area (Å²) in [5.41, 5.74) is 3.95. The van der Waals surface area contributed by atoms with Crippen molar-refractivity contribution in [3.63, 3.8) is 0 Å².